The van der Waals surface area contributed by atoms with Crippen molar-refractivity contribution in [3.63, 3.8) is 0 Å². The Morgan fingerprint density at radius 2 is 2.23 bits per heavy atom. The highest BCUT2D eigenvalue weighted by Gasteiger charge is 2.28. The third kappa shape index (κ3) is 2.69. The van der Waals surface area contributed by atoms with E-state index in [1.807, 2.05) is 4.90 Å². The monoisotopic (exact) mass is 185 g/mol. The molecule has 1 aliphatic heterocycles. The van der Waals surface area contributed by atoms with E-state index in [2.05, 4.69) is 13.8 Å². The van der Waals surface area contributed by atoms with Crippen molar-refractivity contribution in [2.45, 2.75) is 39.2 Å². The van der Waals surface area contributed by atoms with Crippen LogP contribution in [0.25, 0.3) is 0 Å². The lowest BCUT2D eigenvalue weighted by Crippen LogP contribution is -2.33. The van der Waals surface area contributed by atoms with Gasteiger partial charge in [0.05, 0.1) is 0 Å². The molecule has 3 nitrogen and oxygen atoms in total. The molecule has 1 heterocycles. The number of rotatable bonds is 3. The largest absolute Gasteiger partial charge is 0.396 e. The van der Waals surface area contributed by atoms with Crippen LogP contribution in [0.5, 0.6) is 0 Å². The Labute approximate surface area is 79.7 Å². The molecule has 3 heteroatoms. The lowest BCUT2D eigenvalue weighted by Gasteiger charge is -2.21. The van der Waals surface area contributed by atoms with Gasteiger partial charge in [-0.3, -0.25) is 4.79 Å². The van der Waals surface area contributed by atoms with Crippen molar-refractivity contribution < 1.29 is 9.90 Å². The van der Waals surface area contributed by atoms with E-state index in [1.165, 1.54) is 0 Å². The van der Waals surface area contributed by atoms with Crippen LogP contribution in [0.2, 0.25) is 0 Å². The maximum absolute atomic E-state index is 11.6. The fourth-order valence-electron chi connectivity index (χ4n) is 2.02. The van der Waals surface area contributed by atoms with E-state index in [1.54, 1.807) is 0 Å². The van der Waals surface area contributed by atoms with Gasteiger partial charge in [-0.2, -0.15) is 0 Å². The molecule has 1 fully saturated rings. The SMILES string of the molecule is CC1CC(C)N(C(=O)CCCO)C1. The Balaban J connectivity index is 2.38. The molecule has 1 saturated heterocycles. The van der Waals surface area contributed by atoms with Gasteiger partial charge in [-0.25, -0.2) is 0 Å². The average Bonchev–Trinajstić information content (AvgIpc) is 2.41. The van der Waals surface area contributed by atoms with E-state index in [9.17, 15) is 4.79 Å². The molecular formula is C10H19NO2. The van der Waals surface area contributed by atoms with Gasteiger partial charge >= 0.3 is 0 Å². The van der Waals surface area contributed by atoms with Gasteiger partial charge in [0, 0.05) is 25.6 Å². The molecule has 2 atom stereocenters. The predicted molar refractivity (Wildman–Crippen MR) is 51.3 cm³/mol. The predicted octanol–water partition coefficient (Wildman–Crippen LogP) is 1.02. The van der Waals surface area contributed by atoms with E-state index in [-0.39, 0.29) is 12.5 Å². The van der Waals surface area contributed by atoms with Gasteiger partial charge in [0.2, 0.25) is 5.91 Å². The smallest absolute Gasteiger partial charge is 0.222 e. The first kappa shape index (κ1) is 10.5. The van der Waals surface area contributed by atoms with Crippen LogP contribution in [-0.4, -0.2) is 35.1 Å². The Morgan fingerprint density at radius 1 is 1.54 bits per heavy atom. The maximum atomic E-state index is 11.6. The zero-order chi connectivity index (χ0) is 9.84. The molecule has 0 radical (unpaired) electrons. The van der Waals surface area contributed by atoms with Gasteiger partial charge in [0.1, 0.15) is 0 Å². The Morgan fingerprint density at radius 3 is 2.69 bits per heavy atom. The molecule has 0 saturated carbocycles. The highest BCUT2D eigenvalue weighted by molar-refractivity contribution is 5.76. The van der Waals surface area contributed by atoms with E-state index in [0.29, 0.717) is 24.8 Å². The zero-order valence-electron chi connectivity index (χ0n) is 8.49. The molecule has 1 rings (SSSR count). The van der Waals surface area contributed by atoms with Gasteiger partial charge in [-0.15, -0.1) is 0 Å². The summed E-state index contributed by atoms with van der Waals surface area (Å²) in [5, 5.41) is 8.61. The third-order valence-corrected chi connectivity index (χ3v) is 2.65. The number of aliphatic hydroxyl groups excluding tert-OH is 1. The first-order chi connectivity index (χ1) is 6.15. The van der Waals surface area contributed by atoms with E-state index in [4.69, 9.17) is 5.11 Å². The number of amides is 1. The maximum Gasteiger partial charge on any atom is 0.222 e. The molecule has 13 heavy (non-hydrogen) atoms. The van der Waals surface area contributed by atoms with Gasteiger partial charge in [-0.05, 0) is 25.7 Å². The number of hydrogen-bond acceptors (Lipinski definition) is 2. The molecule has 0 aromatic rings. The molecule has 0 bridgehead atoms. The van der Waals surface area contributed by atoms with Gasteiger partial charge in [0.15, 0.2) is 0 Å². The van der Waals surface area contributed by atoms with Crippen molar-refractivity contribution in [1.82, 2.24) is 4.90 Å². The molecule has 0 aromatic heterocycles. The minimum Gasteiger partial charge on any atom is -0.396 e. The third-order valence-electron chi connectivity index (χ3n) is 2.65. The van der Waals surface area contributed by atoms with E-state index < -0.39 is 0 Å². The van der Waals surface area contributed by atoms with Crippen molar-refractivity contribution in [2.24, 2.45) is 5.92 Å². The van der Waals surface area contributed by atoms with Crippen molar-refractivity contribution in [2.75, 3.05) is 13.2 Å². The summed E-state index contributed by atoms with van der Waals surface area (Å²) in [6.07, 6.45) is 2.20. The Bertz CT molecular complexity index is 182. The number of carbonyl (C=O) groups excluding carboxylic acids is 1. The summed E-state index contributed by atoms with van der Waals surface area (Å²) in [7, 11) is 0. The molecule has 1 amide bonds. The highest BCUT2D eigenvalue weighted by atomic mass is 16.3. The Hall–Kier alpha value is -0.570. The molecule has 1 N–H and O–H groups in total. The topological polar surface area (TPSA) is 40.5 Å². The number of carbonyl (C=O) groups is 1. The summed E-state index contributed by atoms with van der Waals surface area (Å²) in [4.78, 5) is 13.5. The highest BCUT2D eigenvalue weighted by Crippen LogP contribution is 2.22. The standard InChI is InChI=1S/C10H19NO2/c1-8-6-9(2)11(7-8)10(13)4-3-5-12/h8-9,12H,3-7H2,1-2H3. The number of nitrogens with zero attached hydrogens (tertiary/aromatic N) is 1. The quantitative estimate of drug-likeness (QED) is 0.713. The number of aliphatic hydroxyl groups is 1. The van der Waals surface area contributed by atoms with E-state index in [0.717, 1.165) is 13.0 Å². The molecule has 1 aliphatic rings. The van der Waals surface area contributed by atoms with Gasteiger partial charge < -0.3 is 10.0 Å². The summed E-state index contributed by atoms with van der Waals surface area (Å²) >= 11 is 0. The van der Waals surface area contributed by atoms with Crippen LogP contribution in [0.1, 0.15) is 33.1 Å². The van der Waals surface area contributed by atoms with Gasteiger partial charge in [-0.1, -0.05) is 6.92 Å². The first-order valence-corrected chi connectivity index (χ1v) is 5.05. The lowest BCUT2D eigenvalue weighted by atomic mass is 10.1. The summed E-state index contributed by atoms with van der Waals surface area (Å²) in [5.74, 6) is 0.832. The van der Waals surface area contributed by atoms with Crippen molar-refractivity contribution in [3.05, 3.63) is 0 Å². The first-order valence-electron chi connectivity index (χ1n) is 5.05. The van der Waals surface area contributed by atoms with Crippen LogP contribution in [-0.2, 0) is 4.79 Å². The van der Waals surface area contributed by atoms with Crippen LogP contribution in [0, 0.1) is 5.92 Å². The fraction of sp³-hybridized carbons (Fsp3) is 0.900. The minimum absolute atomic E-state index is 0.115. The van der Waals surface area contributed by atoms with Crippen molar-refractivity contribution in [3.8, 4) is 0 Å². The summed E-state index contributed by atoms with van der Waals surface area (Å²) in [5.41, 5.74) is 0. The summed E-state index contributed by atoms with van der Waals surface area (Å²) < 4.78 is 0. The second-order valence-electron chi connectivity index (χ2n) is 4.06. The van der Waals surface area contributed by atoms with Gasteiger partial charge in [0.25, 0.3) is 0 Å². The van der Waals surface area contributed by atoms with E-state index >= 15 is 0 Å². The molecule has 76 valence electrons. The van der Waals surface area contributed by atoms with Crippen LogP contribution < -0.4 is 0 Å². The number of likely N-dealkylation sites (tertiary alicyclic amines) is 1. The lowest BCUT2D eigenvalue weighted by molar-refractivity contribution is -0.132. The normalized spacial score (nSPS) is 28.1. The molecule has 0 aromatic carbocycles. The molecular weight excluding hydrogens is 166 g/mol. The average molecular weight is 185 g/mol. The zero-order valence-corrected chi connectivity index (χ0v) is 8.49. The second-order valence-corrected chi connectivity index (χ2v) is 4.06. The molecule has 2 unspecified atom stereocenters. The second kappa shape index (κ2) is 4.61. The van der Waals surface area contributed by atoms with Crippen molar-refractivity contribution in [1.29, 1.82) is 0 Å². The van der Waals surface area contributed by atoms with Crippen LogP contribution in [0.3, 0.4) is 0 Å². The fourth-order valence-corrected chi connectivity index (χ4v) is 2.02. The number of hydrogen-bond donors (Lipinski definition) is 1. The van der Waals surface area contributed by atoms with Crippen molar-refractivity contribution >= 4 is 5.91 Å². The van der Waals surface area contributed by atoms with Crippen LogP contribution >= 0.6 is 0 Å². The van der Waals surface area contributed by atoms with Crippen LogP contribution in [0.15, 0.2) is 0 Å². The summed E-state index contributed by atoms with van der Waals surface area (Å²) in [6, 6.07) is 0.390. The summed E-state index contributed by atoms with van der Waals surface area (Å²) in [6.45, 7) is 5.28. The molecule has 0 spiro atoms. The van der Waals surface area contributed by atoms with Crippen LogP contribution in [0.4, 0.5) is 0 Å². The molecule has 0 aliphatic carbocycles. The Kier molecular flexibility index (Phi) is 3.72. The minimum atomic E-state index is 0.115.